The maximum Gasteiger partial charge on any atom is 0.410 e. The molecule has 2 fully saturated rings. The van der Waals surface area contributed by atoms with Crippen LogP contribution in [-0.2, 0) is 9.47 Å². The van der Waals surface area contributed by atoms with Crippen LogP contribution in [0.25, 0.3) is 0 Å². The van der Waals surface area contributed by atoms with Crippen molar-refractivity contribution >= 4 is 22.0 Å². The first-order valence-corrected chi connectivity index (χ1v) is 6.64. The molecule has 0 bridgehead atoms. The second-order valence-electron chi connectivity index (χ2n) is 5.50. The van der Waals surface area contributed by atoms with Crippen LogP contribution in [0.15, 0.2) is 0 Å². The molecule has 17 heavy (non-hydrogen) atoms. The third-order valence-electron chi connectivity index (χ3n) is 2.91. The summed E-state index contributed by atoms with van der Waals surface area (Å²) in [6.45, 7) is 6.25. The van der Waals surface area contributed by atoms with E-state index in [-0.39, 0.29) is 29.7 Å². The van der Waals surface area contributed by atoms with Crippen LogP contribution >= 0.6 is 15.9 Å². The zero-order valence-electron chi connectivity index (χ0n) is 10.2. The van der Waals surface area contributed by atoms with Gasteiger partial charge in [0.25, 0.3) is 0 Å². The molecule has 2 heterocycles. The molecule has 0 aromatic carbocycles. The van der Waals surface area contributed by atoms with Gasteiger partial charge in [0.05, 0.1) is 23.6 Å². The Balaban J connectivity index is 2.08. The van der Waals surface area contributed by atoms with Crippen LogP contribution in [0.3, 0.4) is 0 Å². The SMILES string of the molecule is CC(C)(C)OC(=O)N1C[C@H](Br)[C@H]2OC[C@H](O)[C@H]21. The largest absolute Gasteiger partial charge is 0.444 e. The predicted octanol–water partition coefficient (Wildman–Crippen LogP) is 1.13. The normalized spacial score (nSPS) is 37.1. The summed E-state index contributed by atoms with van der Waals surface area (Å²) in [7, 11) is 0. The predicted molar refractivity (Wildman–Crippen MR) is 65.2 cm³/mol. The summed E-state index contributed by atoms with van der Waals surface area (Å²) in [6.07, 6.45) is -1.16. The van der Waals surface area contributed by atoms with Crippen molar-refractivity contribution in [1.29, 1.82) is 0 Å². The van der Waals surface area contributed by atoms with E-state index in [1.807, 2.05) is 20.8 Å². The Kier molecular flexibility index (Phi) is 3.40. The van der Waals surface area contributed by atoms with E-state index < -0.39 is 11.7 Å². The Morgan fingerprint density at radius 1 is 1.53 bits per heavy atom. The van der Waals surface area contributed by atoms with Gasteiger partial charge in [-0.05, 0) is 20.8 Å². The molecular formula is C11H18BrNO4. The van der Waals surface area contributed by atoms with Crippen LogP contribution in [0.4, 0.5) is 4.79 Å². The summed E-state index contributed by atoms with van der Waals surface area (Å²) in [5.41, 5.74) is -0.526. The minimum Gasteiger partial charge on any atom is -0.444 e. The average molecular weight is 308 g/mol. The number of ether oxygens (including phenoxy) is 2. The summed E-state index contributed by atoms with van der Waals surface area (Å²) in [4.78, 5) is 13.6. The van der Waals surface area contributed by atoms with Crippen molar-refractivity contribution in [1.82, 2.24) is 4.90 Å². The first-order chi connectivity index (χ1) is 7.79. The second-order valence-corrected chi connectivity index (χ2v) is 6.68. The first kappa shape index (κ1) is 13.1. The number of amides is 1. The highest BCUT2D eigenvalue weighted by atomic mass is 79.9. The van der Waals surface area contributed by atoms with Gasteiger partial charge in [0.15, 0.2) is 0 Å². The van der Waals surface area contributed by atoms with Gasteiger partial charge in [-0.1, -0.05) is 15.9 Å². The Morgan fingerprint density at radius 2 is 2.18 bits per heavy atom. The van der Waals surface area contributed by atoms with Gasteiger partial charge in [0.2, 0.25) is 0 Å². The first-order valence-electron chi connectivity index (χ1n) is 5.73. The van der Waals surface area contributed by atoms with Gasteiger partial charge in [0, 0.05) is 6.54 Å². The number of carbonyl (C=O) groups is 1. The lowest BCUT2D eigenvalue weighted by molar-refractivity contribution is 0.0105. The van der Waals surface area contributed by atoms with Crippen molar-refractivity contribution in [2.75, 3.05) is 13.2 Å². The summed E-state index contributed by atoms with van der Waals surface area (Å²) in [5.74, 6) is 0. The number of alkyl halides is 1. The maximum atomic E-state index is 12.0. The molecule has 2 aliphatic heterocycles. The van der Waals surface area contributed by atoms with E-state index >= 15 is 0 Å². The fourth-order valence-corrected chi connectivity index (χ4v) is 3.04. The molecule has 0 radical (unpaired) electrons. The zero-order valence-corrected chi connectivity index (χ0v) is 11.8. The number of fused-ring (bicyclic) bond motifs is 1. The van der Waals surface area contributed by atoms with E-state index in [1.165, 1.54) is 0 Å². The lowest BCUT2D eigenvalue weighted by atomic mass is 10.1. The Labute approximate surface area is 109 Å². The summed E-state index contributed by atoms with van der Waals surface area (Å²) >= 11 is 3.48. The van der Waals surface area contributed by atoms with Crippen molar-refractivity contribution < 1.29 is 19.4 Å². The van der Waals surface area contributed by atoms with Crippen molar-refractivity contribution in [3.05, 3.63) is 0 Å². The molecule has 0 aliphatic carbocycles. The minimum atomic E-state index is -0.630. The summed E-state index contributed by atoms with van der Waals surface area (Å²) < 4.78 is 10.8. The van der Waals surface area contributed by atoms with Crippen LogP contribution in [-0.4, -0.2) is 57.9 Å². The standard InChI is InChI=1S/C11H18BrNO4/c1-11(2,3)17-10(15)13-4-6(12)9-8(13)7(14)5-16-9/h6-9,14H,4-5H2,1-3H3/t6-,7-,8+,9+/m0/s1. The fraction of sp³-hybridized carbons (Fsp3) is 0.909. The number of hydrogen-bond donors (Lipinski definition) is 1. The van der Waals surface area contributed by atoms with Gasteiger partial charge in [-0.2, -0.15) is 0 Å². The number of hydrogen-bond acceptors (Lipinski definition) is 4. The second kappa shape index (κ2) is 4.40. The molecule has 5 nitrogen and oxygen atoms in total. The molecular weight excluding hydrogens is 290 g/mol. The highest BCUT2D eigenvalue weighted by Gasteiger charge is 2.52. The summed E-state index contributed by atoms with van der Waals surface area (Å²) in [5, 5.41) is 9.84. The molecule has 0 unspecified atom stereocenters. The highest BCUT2D eigenvalue weighted by molar-refractivity contribution is 9.09. The molecule has 0 spiro atoms. The fourth-order valence-electron chi connectivity index (χ4n) is 2.26. The minimum absolute atomic E-state index is 0.0529. The van der Waals surface area contributed by atoms with Crippen LogP contribution in [0.1, 0.15) is 20.8 Å². The topological polar surface area (TPSA) is 59.0 Å². The maximum absolute atomic E-state index is 12.0. The number of rotatable bonds is 0. The molecule has 0 aromatic heterocycles. The van der Waals surface area contributed by atoms with E-state index in [2.05, 4.69) is 15.9 Å². The molecule has 0 aromatic rings. The number of carbonyl (C=O) groups excluding carboxylic acids is 1. The van der Waals surface area contributed by atoms with Crippen molar-refractivity contribution in [3.63, 3.8) is 0 Å². The quantitative estimate of drug-likeness (QED) is 0.682. The molecule has 1 amide bonds. The van der Waals surface area contributed by atoms with Crippen LogP contribution in [0.5, 0.6) is 0 Å². The number of aliphatic hydroxyl groups is 1. The number of likely N-dealkylation sites (tertiary alicyclic amines) is 1. The molecule has 2 aliphatic rings. The smallest absolute Gasteiger partial charge is 0.410 e. The number of nitrogens with zero attached hydrogens (tertiary/aromatic N) is 1. The number of aliphatic hydroxyl groups excluding tert-OH is 1. The molecule has 98 valence electrons. The van der Waals surface area contributed by atoms with Gasteiger partial charge in [-0.15, -0.1) is 0 Å². The van der Waals surface area contributed by atoms with Gasteiger partial charge < -0.3 is 14.6 Å². The van der Waals surface area contributed by atoms with E-state index in [0.717, 1.165) is 0 Å². The molecule has 1 N–H and O–H groups in total. The van der Waals surface area contributed by atoms with E-state index in [0.29, 0.717) is 6.54 Å². The summed E-state index contributed by atoms with van der Waals surface area (Å²) in [6, 6.07) is -0.297. The molecule has 6 heteroatoms. The van der Waals surface area contributed by atoms with Gasteiger partial charge in [0.1, 0.15) is 11.7 Å². The van der Waals surface area contributed by atoms with Gasteiger partial charge in [-0.3, -0.25) is 4.90 Å². The van der Waals surface area contributed by atoms with E-state index in [9.17, 15) is 9.90 Å². The third kappa shape index (κ3) is 2.58. The Morgan fingerprint density at radius 3 is 2.76 bits per heavy atom. The molecule has 4 atom stereocenters. The monoisotopic (exact) mass is 307 g/mol. The lowest BCUT2D eigenvalue weighted by Gasteiger charge is -2.28. The molecule has 2 saturated heterocycles. The van der Waals surface area contributed by atoms with Gasteiger partial charge in [-0.25, -0.2) is 4.79 Å². The van der Waals surface area contributed by atoms with Gasteiger partial charge >= 0.3 is 6.09 Å². The highest BCUT2D eigenvalue weighted by Crippen LogP contribution is 2.34. The van der Waals surface area contributed by atoms with Crippen molar-refractivity contribution in [3.8, 4) is 0 Å². The number of halogens is 1. The lowest BCUT2D eigenvalue weighted by Crippen LogP contribution is -2.46. The van der Waals surface area contributed by atoms with Crippen LogP contribution in [0, 0.1) is 0 Å². The Hall–Kier alpha value is -0.330. The van der Waals surface area contributed by atoms with E-state index in [1.54, 1.807) is 4.90 Å². The van der Waals surface area contributed by atoms with E-state index in [4.69, 9.17) is 9.47 Å². The zero-order chi connectivity index (χ0) is 12.8. The molecule has 2 rings (SSSR count). The third-order valence-corrected chi connectivity index (χ3v) is 3.72. The van der Waals surface area contributed by atoms with Crippen molar-refractivity contribution in [2.45, 2.75) is 49.4 Å². The van der Waals surface area contributed by atoms with Crippen LogP contribution in [0.2, 0.25) is 0 Å². The van der Waals surface area contributed by atoms with Crippen LogP contribution < -0.4 is 0 Å². The average Bonchev–Trinajstić information content (AvgIpc) is 2.67. The molecule has 0 saturated carbocycles. The Bertz CT molecular complexity index is 317. The van der Waals surface area contributed by atoms with Crippen molar-refractivity contribution in [2.24, 2.45) is 0 Å².